The third kappa shape index (κ3) is 1.79. The SMILES string of the molecule is Cc1c(C)c(C)c2c(c1C)c(C)c(C)[c-]2C.[Li+]. The minimum absolute atomic E-state index is 0. The van der Waals surface area contributed by atoms with E-state index in [0.29, 0.717) is 0 Å². The number of fused-ring (bicyclic) bond motifs is 1. The van der Waals surface area contributed by atoms with Crippen molar-refractivity contribution in [3.05, 3.63) is 38.9 Å². The predicted octanol–water partition coefficient (Wildman–Crippen LogP) is 1.72. The van der Waals surface area contributed by atoms with Crippen LogP contribution in [0, 0.1) is 48.5 Å². The van der Waals surface area contributed by atoms with Crippen LogP contribution in [-0.4, -0.2) is 0 Å². The van der Waals surface area contributed by atoms with Crippen LogP contribution in [0.2, 0.25) is 0 Å². The number of rotatable bonds is 0. The van der Waals surface area contributed by atoms with E-state index >= 15 is 0 Å². The van der Waals surface area contributed by atoms with Gasteiger partial charge in [0.1, 0.15) is 0 Å². The number of aryl methyl sites for hydroxylation is 4. The summed E-state index contributed by atoms with van der Waals surface area (Å²) < 4.78 is 0. The molecule has 0 amide bonds. The largest absolute Gasteiger partial charge is 1.00 e. The first kappa shape index (κ1) is 14.5. The van der Waals surface area contributed by atoms with E-state index in [1.165, 1.54) is 49.7 Å². The molecule has 86 valence electrons. The molecule has 2 aromatic rings. The van der Waals surface area contributed by atoms with E-state index in [-0.39, 0.29) is 18.9 Å². The Labute approximate surface area is 117 Å². The van der Waals surface area contributed by atoms with Gasteiger partial charge in [-0.25, -0.2) is 0 Å². The molecule has 0 aliphatic heterocycles. The Bertz CT molecular complexity index is 535. The van der Waals surface area contributed by atoms with Gasteiger partial charge >= 0.3 is 18.9 Å². The molecule has 0 aliphatic rings. The first-order chi connectivity index (χ1) is 7.37. The van der Waals surface area contributed by atoms with Crippen molar-refractivity contribution in [2.24, 2.45) is 0 Å². The van der Waals surface area contributed by atoms with Gasteiger partial charge in [-0.1, -0.05) is 44.4 Å². The summed E-state index contributed by atoms with van der Waals surface area (Å²) in [6.45, 7) is 15.8. The van der Waals surface area contributed by atoms with E-state index in [1.54, 1.807) is 0 Å². The zero-order valence-electron chi connectivity index (χ0n) is 12.5. The Morgan fingerprint density at radius 2 is 1.12 bits per heavy atom. The van der Waals surface area contributed by atoms with Gasteiger partial charge < -0.3 is 0 Å². The first-order valence-electron chi connectivity index (χ1n) is 6.00. The Morgan fingerprint density at radius 1 is 0.647 bits per heavy atom. The first-order valence-corrected chi connectivity index (χ1v) is 6.00. The van der Waals surface area contributed by atoms with Crippen molar-refractivity contribution >= 4 is 10.8 Å². The molecule has 0 nitrogen and oxygen atoms in total. The smallest absolute Gasteiger partial charge is 0.153 e. The molecule has 17 heavy (non-hydrogen) atoms. The summed E-state index contributed by atoms with van der Waals surface area (Å²) in [6.07, 6.45) is 0. The van der Waals surface area contributed by atoms with Gasteiger partial charge in [-0.3, -0.25) is 0 Å². The van der Waals surface area contributed by atoms with Crippen molar-refractivity contribution < 1.29 is 18.9 Å². The monoisotopic (exact) mass is 220 g/mol. The average Bonchev–Trinajstić information content (AvgIpc) is 2.48. The van der Waals surface area contributed by atoms with Crippen LogP contribution in [-0.2, 0) is 0 Å². The van der Waals surface area contributed by atoms with Gasteiger partial charge in [0.15, 0.2) is 0 Å². The zero-order valence-corrected chi connectivity index (χ0v) is 12.5. The summed E-state index contributed by atoms with van der Waals surface area (Å²) in [4.78, 5) is 0. The van der Waals surface area contributed by atoms with E-state index in [1.807, 2.05) is 0 Å². The van der Waals surface area contributed by atoms with Crippen LogP contribution in [0.4, 0.5) is 0 Å². The molecule has 0 radical (unpaired) electrons. The van der Waals surface area contributed by atoms with Crippen molar-refractivity contribution in [1.29, 1.82) is 0 Å². The molecule has 2 aromatic carbocycles. The van der Waals surface area contributed by atoms with Crippen LogP contribution >= 0.6 is 0 Å². The van der Waals surface area contributed by atoms with Crippen LogP contribution in [0.15, 0.2) is 0 Å². The normalized spacial score (nSPS) is 10.8. The van der Waals surface area contributed by atoms with Crippen molar-refractivity contribution in [2.45, 2.75) is 48.5 Å². The summed E-state index contributed by atoms with van der Waals surface area (Å²) in [6, 6.07) is 0. The van der Waals surface area contributed by atoms with E-state index < -0.39 is 0 Å². The fourth-order valence-corrected chi connectivity index (χ4v) is 2.91. The van der Waals surface area contributed by atoms with Gasteiger partial charge in [-0.2, -0.15) is 5.56 Å². The quantitative estimate of drug-likeness (QED) is 0.468. The molecular formula is C16H21Li. The molecule has 0 atom stereocenters. The molecule has 1 heteroatoms. The summed E-state index contributed by atoms with van der Waals surface area (Å²) in [5, 5.41) is 2.99. The van der Waals surface area contributed by atoms with E-state index in [2.05, 4.69) is 48.5 Å². The van der Waals surface area contributed by atoms with Gasteiger partial charge in [0.2, 0.25) is 0 Å². The van der Waals surface area contributed by atoms with Crippen molar-refractivity contribution in [2.75, 3.05) is 0 Å². The molecule has 0 bridgehead atoms. The standard InChI is InChI=1S/C16H21.Li/c1-8-9(2)12(5)16-14(7)10(3)13(6)15(16)11(8)4;/h1-7H3;/q-1;+1. The van der Waals surface area contributed by atoms with Crippen LogP contribution in [0.25, 0.3) is 10.8 Å². The fraction of sp³-hybridized carbons (Fsp3) is 0.438. The topological polar surface area (TPSA) is 0 Å². The molecule has 0 N–H and O–H groups in total. The molecule has 0 saturated carbocycles. The third-order valence-corrected chi connectivity index (χ3v) is 4.56. The number of benzene rings is 1. The summed E-state index contributed by atoms with van der Waals surface area (Å²) in [5.74, 6) is 0. The van der Waals surface area contributed by atoms with Gasteiger partial charge in [0.05, 0.1) is 0 Å². The molecular weight excluding hydrogens is 199 g/mol. The van der Waals surface area contributed by atoms with Crippen LogP contribution in [0.1, 0.15) is 38.9 Å². The maximum absolute atomic E-state index is 2.26. The molecule has 0 saturated heterocycles. The minimum Gasteiger partial charge on any atom is -0.153 e. The molecule has 0 heterocycles. The average molecular weight is 220 g/mol. The van der Waals surface area contributed by atoms with E-state index in [9.17, 15) is 0 Å². The number of hydrogen-bond donors (Lipinski definition) is 0. The maximum Gasteiger partial charge on any atom is 1.00 e. The van der Waals surface area contributed by atoms with Crippen LogP contribution in [0.3, 0.4) is 0 Å². The second-order valence-corrected chi connectivity index (χ2v) is 5.12. The Kier molecular flexibility index (Phi) is 3.92. The summed E-state index contributed by atoms with van der Waals surface area (Å²) >= 11 is 0. The second-order valence-electron chi connectivity index (χ2n) is 5.12. The molecule has 0 unspecified atom stereocenters. The van der Waals surface area contributed by atoms with Crippen LogP contribution < -0.4 is 18.9 Å². The molecule has 0 aliphatic carbocycles. The second kappa shape index (κ2) is 4.60. The fourth-order valence-electron chi connectivity index (χ4n) is 2.91. The predicted molar refractivity (Wildman–Crippen MR) is 72.7 cm³/mol. The van der Waals surface area contributed by atoms with Crippen LogP contribution in [0.5, 0.6) is 0 Å². The van der Waals surface area contributed by atoms with Gasteiger partial charge in [0.25, 0.3) is 0 Å². The maximum atomic E-state index is 2.26. The van der Waals surface area contributed by atoms with Crippen molar-refractivity contribution in [3.8, 4) is 0 Å². The third-order valence-electron chi connectivity index (χ3n) is 4.56. The van der Waals surface area contributed by atoms with Gasteiger partial charge in [-0.05, 0) is 20.8 Å². The van der Waals surface area contributed by atoms with Crippen molar-refractivity contribution in [1.82, 2.24) is 0 Å². The number of hydrogen-bond acceptors (Lipinski definition) is 0. The Morgan fingerprint density at radius 3 is 1.65 bits per heavy atom. The molecule has 2 rings (SSSR count). The van der Waals surface area contributed by atoms with E-state index in [4.69, 9.17) is 0 Å². The Balaban J connectivity index is 0.00000144. The van der Waals surface area contributed by atoms with Crippen molar-refractivity contribution in [3.63, 3.8) is 0 Å². The molecule has 0 aromatic heterocycles. The summed E-state index contributed by atoms with van der Waals surface area (Å²) in [5.41, 5.74) is 10.2. The minimum atomic E-state index is 0. The Hall–Kier alpha value is -0.573. The molecule has 0 spiro atoms. The summed E-state index contributed by atoms with van der Waals surface area (Å²) in [7, 11) is 0. The molecule has 0 fully saturated rings. The van der Waals surface area contributed by atoms with E-state index in [0.717, 1.165) is 0 Å². The zero-order chi connectivity index (χ0) is 12.2. The van der Waals surface area contributed by atoms with Gasteiger partial charge in [0, 0.05) is 0 Å². The van der Waals surface area contributed by atoms with Gasteiger partial charge in [-0.15, -0.1) is 27.5 Å².